The van der Waals surface area contributed by atoms with Gasteiger partial charge in [-0.3, -0.25) is 18.4 Å². The van der Waals surface area contributed by atoms with Crippen molar-refractivity contribution in [1.29, 1.82) is 0 Å². The summed E-state index contributed by atoms with van der Waals surface area (Å²) in [6, 6.07) is 2.14. The lowest BCUT2D eigenvalue weighted by Crippen LogP contribution is -2.42. The van der Waals surface area contributed by atoms with E-state index in [1.54, 1.807) is 26.0 Å². The molecule has 24 nitrogen and oxygen atoms in total. The normalized spacial score (nSPS) is 23.3. The lowest BCUT2D eigenvalue weighted by atomic mass is 10.1. The second-order valence-electron chi connectivity index (χ2n) is 12.0. The third-order valence-electron chi connectivity index (χ3n) is 8.36. The van der Waals surface area contributed by atoms with E-state index < -0.39 is 89.8 Å². The second-order valence-corrected chi connectivity index (χ2v) is 15.0. The number of nitrogen functional groups attached to an aromatic ring is 1. The molecule has 0 radical (unpaired) electrons. The highest BCUT2D eigenvalue weighted by Crippen LogP contribution is 2.60. The number of fused-ring (bicyclic) bond motifs is 3. The van der Waals surface area contributed by atoms with Gasteiger partial charge < -0.3 is 55.5 Å². The molecule has 6 rings (SSSR count). The SMILES string of the molecule is Cc1cc2nc3c(=O)nc([O-])nc-3n(C[C@H](O)[C@H](O)[C@H](O)COP(=O)(O)OP(=O)(O)OC[C@H]3O[C@@H](n4cnc5c(N)ncnc54)[C@H](O)[C@@H]3O)c2cc1C. The first-order chi connectivity index (χ1) is 24.9. The number of aryl methyl sites for hydroxylation is 2. The third-order valence-corrected chi connectivity index (χ3v) is 11.0. The molecule has 9 N–H and O–H groups in total. The monoisotopic (exact) mass is 784 g/mol. The Bertz CT molecular complexity index is 2290. The van der Waals surface area contributed by atoms with E-state index in [4.69, 9.17) is 15.0 Å². The number of ether oxygens (including phenoxy) is 1. The summed E-state index contributed by atoms with van der Waals surface area (Å²) in [5.41, 5.74) is 6.88. The minimum atomic E-state index is -5.55. The van der Waals surface area contributed by atoms with Crippen LogP contribution in [0, 0.1) is 13.8 Å². The van der Waals surface area contributed by atoms with E-state index in [1.165, 1.54) is 15.5 Å². The first kappa shape index (κ1) is 38.6. The Balaban J connectivity index is 1.07. The quantitative estimate of drug-likeness (QED) is 0.0446. The number of hydrogen-bond acceptors (Lipinski definition) is 20. The zero-order chi connectivity index (χ0) is 38.6. The van der Waals surface area contributed by atoms with E-state index in [-0.39, 0.29) is 39.5 Å². The number of phosphoric acid groups is 2. The van der Waals surface area contributed by atoms with Gasteiger partial charge in [0.2, 0.25) is 0 Å². The second kappa shape index (κ2) is 14.6. The Labute approximate surface area is 296 Å². The lowest BCUT2D eigenvalue weighted by Gasteiger charge is -2.26. The fraction of sp³-hybridized carbons (Fsp3) is 0.444. The van der Waals surface area contributed by atoms with Gasteiger partial charge in [-0.05, 0) is 37.1 Å². The van der Waals surface area contributed by atoms with Crippen molar-refractivity contribution in [2.75, 3.05) is 18.9 Å². The van der Waals surface area contributed by atoms with E-state index in [9.17, 15) is 54.4 Å². The maximum absolute atomic E-state index is 12.5. The van der Waals surface area contributed by atoms with Crippen LogP contribution in [0.1, 0.15) is 17.4 Å². The minimum absolute atomic E-state index is 0.0284. The molecule has 3 aliphatic heterocycles. The number of aliphatic hydroxyl groups excluding tert-OH is 5. The predicted molar refractivity (Wildman–Crippen MR) is 173 cm³/mol. The van der Waals surface area contributed by atoms with E-state index in [0.29, 0.717) is 0 Å². The molecule has 0 aliphatic carbocycles. The number of rotatable bonds is 13. The largest absolute Gasteiger partial charge is 0.844 e. The summed E-state index contributed by atoms with van der Waals surface area (Å²) < 4.78 is 46.5. The third kappa shape index (κ3) is 7.91. The molecule has 0 saturated carbocycles. The predicted octanol–water partition coefficient (Wildman–Crippen LogP) is -2.64. The molecule has 5 heterocycles. The van der Waals surface area contributed by atoms with Crippen molar-refractivity contribution < 1.29 is 67.7 Å². The van der Waals surface area contributed by atoms with Gasteiger partial charge >= 0.3 is 15.6 Å². The molecule has 26 heteroatoms. The molecule has 3 aromatic rings. The van der Waals surface area contributed by atoms with E-state index in [1.807, 2.05) is 0 Å². The maximum Gasteiger partial charge on any atom is 0.481 e. The van der Waals surface area contributed by atoms with Crippen LogP contribution in [0.3, 0.4) is 0 Å². The molecule has 2 aromatic heterocycles. The van der Waals surface area contributed by atoms with Gasteiger partial charge in [0.1, 0.15) is 48.5 Å². The van der Waals surface area contributed by atoms with Crippen molar-refractivity contribution in [3.05, 3.63) is 46.3 Å². The molecule has 1 saturated heterocycles. The van der Waals surface area contributed by atoms with Crippen molar-refractivity contribution >= 4 is 43.7 Å². The summed E-state index contributed by atoms with van der Waals surface area (Å²) >= 11 is 0. The van der Waals surface area contributed by atoms with Crippen molar-refractivity contribution in [1.82, 2.24) is 39.0 Å². The Morgan fingerprint density at radius 2 is 1.68 bits per heavy atom. The van der Waals surface area contributed by atoms with Gasteiger partial charge in [0.05, 0.1) is 43.1 Å². The van der Waals surface area contributed by atoms with Crippen LogP contribution < -0.4 is 16.4 Å². The van der Waals surface area contributed by atoms with Crippen LogP contribution in [0.25, 0.3) is 33.7 Å². The molecule has 2 unspecified atom stereocenters. The molecular formula is C27H32N9O15P2-. The van der Waals surface area contributed by atoms with Crippen LogP contribution in [0.15, 0.2) is 29.6 Å². The topological polar surface area (TPSA) is 366 Å². The standard InChI is InChI=1S/C27H33N9O15P2/c1-10-3-12-13(4-11(10)2)35(24-18(32-12)25(42)34-27(43)33-24)5-14(37)19(39)15(38)6-48-52(44,45)51-53(46,47)49-7-16-20(40)21(41)26(50-16)36-9-31-17-22(28)29-8-30-23(17)36/h3-4,8-9,14-16,19-21,26,37-41H,5-7H2,1-2H3,(H,44,45)(H,46,47)(H2,28,29,30)(H,34,42,43)/p-1/t14-,15+,16+,19-,20+,21+,26+/m0/s1. The first-order valence-electron chi connectivity index (χ1n) is 15.4. The average molecular weight is 785 g/mol. The highest BCUT2D eigenvalue weighted by molar-refractivity contribution is 7.61. The van der Waals surface area contributed by atoms with Gasteiger partial charge in [-0.2, -0.15) is 4.31 Å². The van der Waals surface area contributed by atoms with E-state index in [2.05, 4.69) is 38.7 Å². The van der Waals surface area contributed by atoms with Crippen molar-refractivity contribution in [3.63, 3.8) is 0 Å². The number of benzene rings is 1. The van der Waals surface area contributed by atoms with Crippen LogP contribution in [0.2, 0.25) is 0 Å². The smallest absolute Gasteiger partial charge is 0.481 e. The zero-order valence-electron chi connectivity index (χ0n) is 27.4. The molecule has 0 spiro atoms. The van der Waals surface area contributed by atoms with E-state index >= 15 is 0 Å². The van der Waals surface area contributed by atoms with E-state index in [0.717, 1.165) is 17.5 Å². The Morgan fingerprint density at radius 1 is 0.981 bits per heavy atom. The summed E-state index contributed by atoms with van der Waals surface area (Å²) in [7, 11) is -11.0. The zero-order valence-corrected chi connectivity index (χ0v) is 29.2. The molecule has 3 aliphatic rings. The summed E-state index contributed by atoms with van der Waals surface area (Å²) in [6.07, 6.45) is -9.96. The van der Waals surface area contributed by atoms with Gasteiger partial charge in [0, 0.05) is 0 Å². The number of hydrogen-bond donors (Lipinski definition) is 8. The van der Waals surface area contributed by atoms with Crippen LogP contribution in [0.4, 0.5) is 5.82 Å². The van der Waals surface area contributed by atoms with Crippen LogP contribution >= 0.6 is 15.6 Å². The van der Waals surface area contributed by atoms with Gasteiger partial charge in [-0.15, -0.1) is 0 Å². The Morgan fingerprint density at radius 3 is 2.42 bits per heavy atom. The number of phosphoric ester groups is 2. The number of anilines is 1. The number of aromatic nitrogens is 8. The lowest BCUT2D eigenvalue weighted by molar-refractivity contribution is -0.282. The highest BCUT2D eigenvalue weighted by Gasteiger charge is 2.46. The molecule has 1 aromatic carbocycles. The number of nitrogens with zero attached hydrogens (tertiary/aromatic N) is 8. The Kier molecular flexibility index (Phi) is 10.6. The van der Waals surface area contributed by atoms with Gasteiger partial charge in [-0.25, -0.2) is 39.0 Å². The van der Waals surface area contributed by atoms with Crippen LogP contribution in [-0.2, 0) is 33.8 Å². The molecule has 53 heavy (non-hydrogen) atoms. The number of aliphatic hydroxyl groups is 5. The van der Waals surface area contributed by atoms with Gasteiger partial charge in [-0.1, -0.05) is 0 Å². The van der Waals surface area contributed by atoms with Crippen molar-refractivity contribution in [3.8, 4) is 17.5 Å². The highest BCUT2D eigenvalue weighted by atomic mass is 31.3. The fourth-order valence-corrected chi connectivity index (χ4v) is 7.62. The molecule has 0 bridgehead atoms. The molecule has 286 valence electrons. The number of nitrogens with two attached hydrogens (primary N) is 1. The van der Waals surface area contributed by atoms with Gasteiger partial charge in [0.15, 0.2) is 29.2 Å². The summed E-state index contributed by atoms with van der Waals surface area (Å²) in [4.78, 5) is 55.7. The summed E-state index contributed by atoms with van der Waals surface area (Å²) in [5.74, 6) is -0.245. The minimum Gasteiger partial charge on any atom is -0.844 e. The Hall–Kier alpha value is -4.13. The molecule has 9 atom stereocenters. The molecular weight excluding hydrogens is 752 g/mol. The van der Waals surface area contributed by atoms with Crippen LogP contribution in [0.5, 0.6) is 6.01 Å². The average Bonchev–Trinajstić information content (AvgIpc) is 3.63. The van der Waals surface area contributed by atoms with Crippen molar-refractivity contribution in [2.45, 2.75) is 63.2 Å². The fourth-order valence-electron chi connectivity index (χ4n) is 5.52. The van der Waals surface area contributed by atoms with Crippen molar-refractivity contribution in [2.24, 2.45) is 0 Å². The van der Waals surface area contributed by atoms with Crippen LogP contribution in [-0.4, -0.2) is 124 Å². The summed E-state index contributed by atoms with van der Waals surface area (Å²) in [5, 5.41) is 65.0. The maximum atomic E-state index is 12.5. The van der Waals surface area contributed by atoms with Gasteiger partial charge in [0.25, 0.3) is 5.56 Å². The first-order valence-corrected chi connectivity index (χ1v) is 18.4. The molecule has 0 amide bonds. The molecule has 1 fully saturated rings. The summed E-state index contributed by atoms with van der Waals surface area (Å²) in [6.45, 7) is 0.760. The number of imidazole rings is 1.